The van der Waals surface area contributed by atoms with Crippen LogP contribution in [0.4, 0.5) is 5.69 Å². The number of hydrogen-bond donors (Lipinski definition) is 1. The summed E-state index contributed by atoms with van der Waals surface area (Å²) < 4.78 is 10.7. The van der Waals surface area contributed by atoms with Crippen molar-refractivity contribution in [2.24, 2.45) is 7.05 Å². The molecule has 182 valence electrons. The molecule has 3 aromatic heterocycles. The van der Waals surface area contributed by atoms with Crippen molar-refractivity contribution in [1.82, 2.24) is 24.1 Å². The normalized spacial score (nSPS) is 12.0. The van der Waals surface area contributed by atoms with Crippen LogP contribution in [0.2, 0.25) is 0 Å². The van der Waals surface area contributed by atoms with E-state index in [2.05, 4.69) is 15.5 Å². The van der Waals surface area contributed by atoms with E-state index in [1.807, 2.05) is 71.3 Å². The Balaban J connectivity index is 1.43. The molecular weight excluding hydrogens is 476 g/mol. The predicted octanol–water partition coefficient (Wildman–Crippen LogP) is 4.44. The molecule has 10 heteroatoms. The number of benzene rings is 2. The molecule has 0 saturated carbocycles. The van der Waals surface area contributed by atoms with Gasteiger partial charge in [-0.3, -0.25) is 18.8 Å². The summed E-state index contributed by atoms with van der Waals surface area (Å²) in [6.45, 7) is 3.57. The summed E-state index contributed by atoms with van der Waals surface area (Å²) >= 11 is 1.25. The molecule has 0 aliphatic heterocycles. The fourth-order valence-electron chi connectivity index (χ4n) is 3.87. The Bertz CT molecular complexity index is 1550. The molecule has 1 atom stereocenters. The van der Waals surface area contributed by atoms with E-state index in [1.54, 1.807) is 37.9 Å². The molecule has 0 spiro atoms. The van der Waals surface area contributed by atoms with Gasteiger partial charge in [-0.05, 0) is 50.2 Å². The highest BCUT2D eigenvalue weighted by Gasteiger charge is 2.25. The highest BCUT2D eigenvalue weighted by atomic mass is 32.2. The third-order valence-electron chi connectivity index (χ3n) is 5.84. The highest BCUT2D eigenvalue weighted by Crippen LogP contribution is 2.30. The summed E-state index contributed by atoms with van der Waals surface area (Å²) in [5, 5.41) is 11.5. The summed E-state index contributed by atoms with van der Waals surface area (Å²) in [5.74, 6) is 0.788. The average molecular weight is 501 g/mol. The smallest absolute Gasteiger partial charge is 0.295 e. The molecule has 1 N–H and O–H groups in total. The summed E-state index contributed by atoms with van der Waals surface area (Å²) in [7, 11) is 1.79. The Morgan fingerprint density at radius 2 is 1.64 bits per heavy atom. The Hall–Kier alpha value is -4.31. The molecule has 2 aromatic carbocycles. The molecule has 9 nitrogen and oxygen atoms in total. The molecule has 5 aromatic rings. The van der Waals surface area contributed by atoms with E-state index >= 15 is 0 Å². The topological polar surface area (TPSA) is 99.9 Å². The van der Waals surface area contributed by atoms with Crippen molar-refractivity contribution in [3.05, 3.63) is 95.1 Å². The van der Waals surface area contributed by atoms with Crippen molar-refractivity contribution in [1.29, 1.82) is 0 Å². The van der Waals surface area contributed by atoms with Gasteiger partial charge in [0.05, 0.1) is 22.9 Å². The number of anilines is 1. The second-order valence-corrected chi connectivity index (χ2v) is 9.45. The predicted molar refractivity (Wildman–Crippen MR) is 139 cm³/mol. The van der Waals surface area contributed by atoms with Crippen LogP contribution in [0, 0.1) is 6.92 Å². The molecule has 0 aliphatic rings. The number of thioether (sulfide) groups is 1. The van der Waals surface area contributed by atoms with E-state index in [9.17, 15) is 9.59 Å². The van der Waals surface area contributed by atoms with E-state index < -0.39 is 5.25 Å². The van der Waals surface area contributed by atoms with Crippen LogP contribution in [0.1, 0.15) is 12.6 Å². The molecule has 5 rings (SSSR count). The number of para-hydroxylation sites is 2. The lowest BCUT2D eigenvalue weighted by molar-refractivity contribution is -0.115. The molecule has 1 unspecified atom stereocenters. The lowest BCUT2D eigenvalue weighted by Crippen LogP contribution is -2.27. The van der Waals surface area contributed by atoms with E-state index in [-0.39, 0.29) is 17.2 Å². The van der Waals surface area contributed by atoms with Gasteiger partial charge in [0.1, 0.15) is 5.69 Å². The Morgan fingerprint density at radius 1 is 0.972 bits per heavy atom. The van der Waals surface area contributed by atoms with Gasteiger partial charge >= 0.3 is 0 Å². The van der Waals surface area contributed by atoms with Gasteiger partial charge in [0.2, 0.25) is 11.7 Å². The second-order valence-electron chi connectivity index (χ2n) is 8.14. The van der Waals surface area contributed by atoms with Crippen molar-refractivity contribution in [3.8, 4) is 23.0 Å². The van der Waals surface area contributed by atoms with Gasteiger partial charge in [-0.1, -0.05) is 48.2 Å². The minimum atomic E-state index is -0.565. The van der Waals surface area contributed by atoms with Gasteiger partial charge in [0.15, 0.2) is 10.9 Å². The van der Waals surface area contributed by atoms with E-state index in [0.717, 1.165) is 11.4 Å². The molecule has 3 heterocycles. The summed E-state index contributed by atoms with van der Waals surface area (Å²) in [6.07, 6.45) is 1.58. The number of nitrogens with one attached hydrogen (secondary N) is 1. The molecule has 0 aliphatic carbocycles. The lowest BCUT2D eigenvalue weighted by Gasteiger charge is -2.13. The molecule has 1 amide bonds. The van der Waals surface area contributed by atoms with Crippen LogP contribution in [0.5, 0.6) is 0 Å². The third kappa shape index (κ3) is 4.27. The van der Waals surface area contributed by atoms with Gasteiger partial charge in [-0.25, -0.2) is 4.68 Å². The van der Waals surface area contributed by atoms with Crippen LogP contribution in [-0.2, 0) is 11.8 Å². The lowest BCUT2D eigenvalue weighted by atomic mass is 10.3. The molecule has 0 bridgehead atoms. The van der Waals surface area contributed by atoms with Crippen LogP contribution in [-0.4, -0.2) is 35.3 Å². The first-order chi connectivity index (χ1) is 17.5. The van der Waals surface area contributed by atoms with Gasteiger partial charge in [0.25, 0.3) is 5.56 Å². The van der Waals surface area contributed by atoms with Gasteiger partial charge < -0.3 is 9.73 Å². The van der Waals surface area contributed by atoms with Crippen LogP contribution < -0.4 is 10.9 Å². The first-order valence-electron chi connectivity index (χ1n) is 11.3. The van der Waals surface area contributed by atoms with E-state index in [4.69, 9.17) is 4.42 Å². The Labute approximate surface area is 211 Å². The average Bonchev–Trinajstić information content (AvgIpc) is 3.61. The number of nitrogens with zero attached hydrogens (tertiary/aromatic N) is 5. The zero-order chi connectivity index (χ0) is 25.2. The maximum atomic E-state index is 13.2. The molecular formula is C26H24N6O3S. The maximum absolute atomic E-state index is 13.2. The SMILES string of the molecule is Cc1c(NC(=O)C(C)Sc2nnc(-c3ccco3)n2-c2ccccc2)c(=O)n(-c2ccccc2)n1C. The summed E-state index contributed by atoms with van der Waals surface area (Å²) in [6, 6.07) is 22.5. The Kier molecular flexibility index (Phi) is 6.34. The molecule has 0 fully saturated rings. The Morgan fingerprint density at radius 3 is 2.28 bits per heavy atom. The number of rotatable bonds is 7. The fraction of sp³-hybridized carbons (Fsp3) is 0.154. The number of amides is 1. The number of carbonyl (C=O) groups excluding carboxylic acids is 1. The third-order valence-corrected chi connectivity index (χ3v) is 6.89. The van der Waals surface area contributed by atoms with Crippen molar-refractivity contribution in [2.75, 3.05) is 5.32 Å². The van der Waals surface area contributed by atoms with Gasteiger partial charge in [0, 0.05) is 12.7 Å². The first kappa shape index (κ1) is 23.4. The fourth-order valence-corrected chi connectivity index (χ4v) is 4.74. The number of aromatic nitrogens is 5. The van der Waals surface area contributed by atoms with Crippen LogP contribution in [0.15, 0.2) is 93.4 Å². The van der Waals surface area contributed by atoms with Crippen LogP contribution >= 0.6 is 11.8 Å². The number of furan rings is 1. The summed E-state index contributed by atoms with van der Waals surface area (Å²) in [4.78, 5) is 26.4. The minimum Gasteiger partial charge on any atom is -0.461 e. The quantitative estimate of drug-likeness (QED) is 0.332. The van der Waals surface area contributed by atoms with E-state index in [1.165, 1.54) is 16.4 Å². The summed E-state index contributed by atoms with van der Waals surface area (Å²) in [5.41, 5.74) is 2.17. The van der Waals surface area contributed by atoms with Crippen LogP contribution in [0.25, 0.3) is 23.0 Å². The second kappa shape index (κ2) is 9.74. The minimum absolute atomic E-state index is 0.250. The van der Waals surface area contributed by atoms with E-state index in [0.29, 0.717) is 22.4 Å². The number of hydrogen-bond acceptors (Lipinski definition) is 6. The maximum Gasteiger partial charge on any atom is 0.295 e. The van der Waals surface area contributed by atoms with Crippen molar-refractivity contribution in [2.45, 2.75) is 24.3 Å². The van der Waals surface area contributed by atoms with Crippen molar-refractivity contribution in [3.63, 3.8) is 0 Å². The first-order valence-corrected chi connectivity index (χ1v) is 12.2. The number of carbonyl (C=O) groups is 1. The molecule has 0 radical (unpaired) electrons. The molecule has 36 heavy (non-hydrogen) atoms. The monoisotopic (exact) mass is 500 g/mol. The highest BCUT2D eigenvalue weighted by molar-refractivity contribution is 8.00. The van der Waals surface area contributed by atoms with Crippen molar-refractivity contribution >= 4 is 23.4 Å². The standard InChI is InChI=1S/C26H24N6O3S/c1-17-22(25(34)32(30(17)3)20-13-8-5-9-14-20)27-24(33)18(2)36-26-29-28-23(21-15-10-16-35-21)31(26)19-11-6-4-7-12-19/h4-16,18H,1-3H3,(H,27,33). The van der Waals surface area contributed by atoms with Crippen molar-refractivity contribution < 1.29 is 9.21 Å². The molecule has 0 saturated heterocycles. The largest absolute Gasteiger partial charge is 0.461 e. The van der Waals surface area contributed by atoms with Gasteiger partial charge in [-0.2, -0.15) is 0 Å². The zero-order valence-corrected chi connectivity index (χ0v) is 20.8. The van der Waals surface area contributed by atoms with Crippen LogP contribution in [0.3, 0.4) is 0 Å². The van der Waals surface area contributed by atoms with Gasteiger partial charge in [-0.15, -0.1) is 10.2 Å². The zero-order valence-electron chi connectivity index (χ0n) is 20.0.